The second kappa shape index (κ2) is 10.0. The van der Waals surface area contributed by atoms with E-state index in [2.05, 4.69) is 131 Å². The standard InChI is InChI=1S/C35H30BFN2/c1-22-5-12-26(13-6-22)30-20-32(27-14-7-23(2)8-15-27)38-33(30)21-34-31-19-25(4)11-18-29(31)35(39(34)36-37)28-16-9-24(3)10-17-28/h5-21,36H,1-4H3/b33-21-. The Bertz CT molecular complexity index is 1790. The van der Waals surface area contributed by atoms with Crippen LogP contribution in [-0.4, -0.2) is 17.9 Å². The van der Waals surface area contributed by atoms with Gasteiger partial charge in [-0.2, -0.15) is 0 Å². The van der Waals surface area contributed by atoms with E-state index in [1.165, 1.54) is 16.7 Å². The van der Waals surface area contributed by atoms with Gasteiger partial charge in [-0.1, -0.05) is 107 Å². The predicted molar refractivity (Wildman–Crippen MR) is 165 cm³/mol. The first-order valence-corrected chi connectivity index (χ1v) is 13.3. The van der Waals surface area contributed by atoms with Crippen LogP contribution in [0.1, 0.15) is 39.1 Å². The summed E-state index contributed by atoms with van der Waals surface area (Å²) in [5.41, 5.74) is 12.4. The summed E-state index contributed by atoms with van der Waals surface area (Å²) in [6.45, 7) is 8.32. The highest BCUT2D eigenvalue weighted by Gasteiger charge is 2.22. The molecule has 2 heterocycles. The summed E-state index contributed by atoms with van der Waals surface area (Å²) in [7, 11) is -0.631. The van der Waals surface area contributed by atoms with Gasteiger partial charge in [0.2, 0.25) is 0 Å². The van der Waals surface area contributed by atoms with Crippen molar-refractivity contribution in [2.75, 3.05) is 0 Å². The van der Waals surface area contributed by atoms with E-state index in [4.69, 9.17) is 4.99 Å². The monoisotopic (exact) mass is 508 g/mol. The zero-order chi connectivity index (χ0) is 27.1. The first-order valence-electron chi connectivity index (χ1n) is 13.3. The molecule has 5 aromatic rings. The molecular formula is C35H30BFN2. The molecule has 0 bridgehead atoms. The molecular weight excluding hydrogens is 478 g/mol. The molecule has 4 heteroatoms. The summed E-state index contributed by atoms with van der Waals surface area (Å²) in [6.07, 6.45) is 4.21. The van der Waals surface area contributed by atoms with E-state index in [-0.39, 0.29) is 0 Å². The minimum Gasteiger partial charge on any atom is -0.358 e. The lowest BCUT2D eigenvalue weighted by atomic mass is 9.99. The molecule has 39 heavy (non-hydrogen) atoms. The molecule has 0 amide bonds. The van der Waals surface area contributed by atoms with Crippen molar-refractivity contribution >= 4 is 35.8 Å². The van der Waals surface area contributed by atoms with Gasteiger partial charge in [-0.05, 0) is 57.0 Å². The Morgan fingerprint density at radius 1 is 0.641 bits per heavy atom. The van der Waals surface area contributed by atoms with Crippen molar-refractivity contribution in [2.24, 2.45) is 4.99 Å². The Labute approximate surface area is 230 Å². The van der Waals surface area contributed by atoms with E-state index in [9.17, 15) is 4.32 Å². The average molecular weight is 508 g/mol. The first kappa shape index (κ1) is 24.9. The molecule has 1 aromatic heterocycles. The number of fused-ring (bicyclic) bond motifs is 1. The van der Waals surface area contributed by atoms with Crippen LogP contribution in [0.15, 0.2) is 108 Å². The van der Waals surface area contributed by atoms with Crippen LogP contribution < -0.4 is 0 Å². The van der Waals surface area contributed by atoms with Crippen molar-refractivity contribution < 1.29 is 4.32 Å². The van der Waals surface area contributed by atoms with Gasteiger partial charge in [-0.15, -0.1) is 0 Å². The molecule has 6 rings (SSSR count). The molecule has 1 aliphatic rings. The molecule has 0 unspecified atom stereocenters. The highest BCUT2D eigenvalue weighted by molar-refractivity contribution is 6.29. The second-order valence-electron chi connectivity index (χ2n) is 10.5. The number of rotatable bonds is 5. The third-order valence-electron chi connectivity index (χ3n) is 7.49. The number of hydrogen-bond acceptors (Lipinski definition) is 1. The fourth-order valence-electron chi connectivity index (χ4n) is 5.30. The van der Waals surface area contributed by atoms with Crippen LogP contribution >= 0.6 is 0 Å². The third kappa shape index (κ3) is 4.68. The van der Waals surface area contributed by atoms with Gasteiger partial charge in [0.1, 0.15) is 0 Å². The molecule has 190 valence electrons. The van der Waals surface area contributed by atoms with Crippen LogP contribution in [0.5, 0.6) is 0 Å². The van der Waals surface area contributed by atoms with E-state index in [0.717, 1.165) is 61.4 Å². The molecule has 0 atom stereocenters. The highest BCUT2D eigenvalue weighted by atomic mass is 19.1. The minimum atomic E-state index is -0.631. The van der Waals surface area contributed by atoms with Gasteiger partial charge >= 0.3 is 7.69 Å². The summed E-state index contributed by atoms with van der Waals surface area (Å²) in [5.74, 6) is 0. The van der Waals surface area contributed by atoms with Crippen molar-refractivity contribution in [1.29, 1.82) is 0 Å². The Hall–Kier alpha value is -4.44. The molecule has 0 saturated heterocycles. The van der Waals surface area contributed by atoms with E-state index in [0.29, 0.717) is 0 Å². The summed E-state index contributed by atoms with van der Waals surface area (Å²) >= 11 is 0. The second-order valence-corrected chi connectivity index (χ2v) is 10.5. The Morgan fingerprint density at radius 3 is 1.77 bits per heavy atom. The zero-order valence-electron chi connectivity index (χ0n) is 22.8. The van der Waals surface area contributed by atoms with Gasteiger partial charge < -0.3 is 8.79 Å². The number of aliphatic imine (C=N–C) groups is 1. The van der Waals surface area contributed by atoms with E-state index >= 15 is 0 Å². The quantitative estimate of drug-likeness (QED) is 0.212. The molecule has 0 fully saturated rings. The summed E-state index contributed by atoms with van der Waals surface area (Å²) < 4.78 is 16.7. The Kier molecular flexibility index (Phi) is 6.40. The van der Waals surface area contributed by atoms with E-state index in [1.807, 2.05) is 0 Å². The van der Waals surface area contributed by atoms with Crippen molar-refractivity contribution in [3.05, 3.63) is 142 Å². The van der Waals surface area contributed by atoms with Crippen molar-refractivity contribution in [3.8, 4) is 11.3 Å². The number of hydrogen-bond donors (Lipinski definition) is 0. The molecule has 2 nitrogen and oxygen atoms in total. The molecule has 0 N–H and O–H groups in total. The SMILES string of the molecule is Cc1ccc(C2=CC(c3ccc(C)cc3)=N/C2=C\c2c3cc(C)ccc3c(-c3ccc(C)cc3)n2BF)cc1. The van der Waals surface area contributed by atoms with Crippen LogP contribution in [0.3, 0.4) is 0 Å². The number of aromatic nitrogens is 1. The molecule has 0 aliphatic carbocycles. The minimum absolute atomic E-state index is 0.631. The maximum absolute atomic E-state index is 15.0. The maximum atomic E-state index is 15.0. The van der Waals surface area contributed by atoms with Gasteiger partial charge in [-0.3, -0.25) is 0 Å². The zero-order valence-corrected chi connectivity index (χ0v) is 22.8. The van der Waals surface area contributed by atoms with Crippen molar-refractivity contribution in [2.45, 2.75) is 27.7 Å². The topological polar surface area (TPSA) is 17.3 Å². The van der Waals surface area contributed by atoms with Gasteiger partial charge in [0, 0.05) is 33.3 Å². The average Bonchev–Trinajstić information content (AvgIpc) is 3.49. The number of aryl methyl sites for hydroxylation is 4. The number of halogens is 1. The normalized spacial score (nSPS) is 14.1. The third-order valence-corrected chi connectivity index (χ3v) is 7.49. The predicted octanol–water partition coefficient (Wildman–Crippen LogP) is 8.55. The molecule has 0 radical (unpaired) electrons. The van der Waals surface area contributed by atoms with Crippen LogP contribution in [0.2, 0.25) is 0 Å². The van der Waals surface area contributed by atoms with Crippen molar-refractivity contribution in [3.63, 3.8) is 0 Å². The van der Waals surface area contributed by atoms with Gasteiger partial charge in [0.25, 0.3) is 0 Å². The summed E-state index contributed by atoms with van der Waals surface area (Å²) in [6, 6.07) is 31.6. The maximum Gasteiger partial charge on any atom is 0.449 e. The lowest BCUT2D eigenvalue weighted by Crippen LogP contribution is -2.05. The first-order chi connectivity index (χ1) is 18.9. The van der Waals surface area contributed by atoms with Gasteiger partial charge in [0.15, 0.2) is 0 Å². The fourth-order valence-corrected chi connectivity index (χ4v) is 5.30. The van der Waals surface area contributed by atoms with Crippen LogP contribution in [-0.2, 0) is 0 Å². The number of nitrogens with zero attached hydrogens (tertiary/aromatic N) is 2. The summed E-state index contributed by atoms with van der Waals surface area (Å²) in [4.78, 5) is 5.11. The van der Waals surface area contributed by atoms with Crippen LogP contribution in [0, 0.1) is 27.7 Å². The number of benzene rings is 4. The van der Waals surface area contributed by atoms with Crippen molar-refractivity contribution in [1.82, 2.24) is 4.48 Å². The van der Waals surface area contributed by atoms with Gasteiger partial charge in [-0.25, -0.2) is 4.99 Å². The smallest absolute Gasteiger partial charge is 0.358 e. The summed E-state index contributed by atoms with van der Waals surface area (Å²) in [5, 5.41) is 2.06. The van der Waals surface area contributed by atoms with E-state index in [1.54, 1.807) is 4.48 Å². The largest absolute Gasteiger partial charge is 0.449 e. The van der Waals surface area contributed by atoms with Gasteiger partial charge in [0.05, 0.1) is 11.4 Å². The Morgan fingerprint density at radius 2 is 1.18 bits per heavy atom. The molecule has 4 aromatic carbocycles. The molecule has 0 spiro atoms. The molecule has 1 aliphatic heterocycles. The number of allylic oxidation sites excluding steroid dienone is 2. The highest BCUT2D eigenvalue weighted by Crippen LogP contribution is 2.38. The van der Waals surface area contributed by atoms with Crippen LogP contribution in [0.4, 0.5) is 4.32 Å². The fraction of sp³-hybridized carbons (Fsp3) is 0.114. The lowest BCUT2D eigenvalue weighted by molar-refractivity contribution is 0.835. The molecule has 0 saturated carbocycles. The Balaban J connectivity index is 1.59. The van der Waals surface area contributed by atoms with E-state index < -0.39 is 7.69 Å². The van der Waals surface area contributed by atoms with Crippen LogP contribution in [0.25, 0.3) is 33.7 Å². The lowest BCUT2D eigenvalue weighted by Gasteiger charge is -2.10.